The number of aromatic nitrogens is 2. The van der Waals surface area contributed by atoms with Crippen LogP contribution in [0.5, 0.6) is 0 Å². The number of hydrogen-bond acceptors (Lipinski definition) is 8. The number of halogens is 1. The van der Waals surface area contributed by atoms with E-state index in [1.165, 1.54) is 10.6 Å². The SMILES string of the molecule is Cc1cc2n(c(=O)c1COC(=O)O)Cc1c-2nc2cc(F)c(C)c3c2c1C(NC(=O)COCNC(=O)CN)CC3. The molecule has 12 nitrogen and oxygen atoms in total. The van der Waals surface area contributed by atoms with Crippen molar-refractivity contribution in [1.82, 2.24) is 20.2 Å². The van der Waals surface area contributed by atoms with Crippen LogP contribution in [0.15, 0.2) is 16.9 Å². The monoisotopic (exact) mass is 553 g/mol. The number of amides is 2. The molecule has 1 aromatic carbocycles. The van der Waals surface area contributed by atoms with Gasteiger partial charge in [-0.15, -0.1) is 0 Å². The van der Waals surface area contributed by atoms with Gasteiger partial charge in [0, 0.05) is 17.0 Å². The summed E-state index contributed by atoms with van der Waals surface area (Å²) in [6, 6.07) is 2.64. The third kappa shape index (κ3) is 4.77. The Balaban J connectivity index is 1.55. The molecule has 0 radical (unpaired) electrons. The lowest BCUT2D eigenvalue weighted by molar-refractivity contribution is -0.129. The molecular formula is C27H28FN5O7. The summed E-state index contributed by atoms with van der Waals surface area (Å²) in [5.74, 6) is -1.21. The highest BCUT2D eigenvalue weighted by atomic mass is 19.1. The second-order valence-electron chi connectivity index (χ2n) is 9.80. The van der Waals surface area contributed by atoms with Crippen molar-refractivity contribution in [2.75, 3.05) is 19.9 Å². The van der Waals surface area contributed by atoms with Crippen LogP contribution >= 0.6 is 0 Å². The average Bonchev–Trinajstić information content (AvgIpc) is 3.28. The molecule has 40 heavy (non-hydrogen) atoms. The molecule has 0 spiro atoms. The van der Waals surface area contributed by atoms with Gasteiger partial charge in [-0.1, -0.05) is 0 Å². The fraction of sp³-hybridized carbons (Fsp3) is 0.370. The number of fused-ring (bicyclic) bond motifs is 4. The highest BCUT2D eigenvalue weighted by Crippen LogP contribution is 2.44. The van der Waals surface area contributed by atoms with E-state index in [2.05, 4.69) is 15.4 Å². The fourth-order valence-corrected chi connectivity index (χ4v) is 5.50. The van der Waals surface area contributed by atoms with Crippen LogP contribution in [-0.2, 0) is 38.6 Å². The molecular weight excluding hydrogens is 525 g/mol. The maximum absolute atomic E-state index is 14.9. The Labute approximate surface area is 227 Å². The second kappa shape index (κ2) is 10.7. The van der Waals surface area contributed by atoms with Gasteiger partial charge in [-0.25, -0.2) is 14.2 Å². The minimum Gasteiger partial charge on any atom is -0.450 e. The third-order valence-corrected chi connectivity index (χ3v) is 7.42. The van der Waals surface area contributed by atoms with Crippen LogP contribution in [0.3, 0.4) is 0 Å². The largest absolute Gasteiger partial charge is 0.506 e. The van der Waals surface area contributed by atoms with Gasteiger partial charge in [0.15, 0.2) is 0 Å². The first-order valence-corrected chi connectivity index (χ1v) is 12.7. The van der Waals surface area contributed by atoms with E-state index in [4.69, 9.17) is 20.6 Å². The molecule has 0 saturated carbocycles. The maximum Gasteiger partial charge on any atom is 0.506 e. The molecule has 0 saturated heterocycles. The van der Waals surface area contributed by atoms with Gasteiger partial charge in [0.2, 0.25) is 11.8 Å². The number of pyridine rings is 2. The highest BCUT2D eigenvalue weighted by Gasteiger charge is 2.34. The Kier molecular flexibility index (Phi) is 7.25. The first-order chi connectivity index (χ1) is 19.1. The molecule has 1 aliphatic carbocycles. The van der Waals surface area contributed by atoms with Crippen LogP contribution in [0.25, 0.3) is 22.3 Å². The Morgan fingerprint density at radius 2 is 2.00 bits per heavy atom. The summed E-state index contributed by atoms with van der Waals surface area (Å²) in [4.78, 5) is 53.2. The molecule has 5 N–H and O–H groups in total. The highest BCUT2D eigenvalue weighted by molar-refractivity contribution is 5.93. The summed E-state index contributed by atoms with van der Waals surface area (Å²) in [6.07, 6.45) is -0.492. The molecule has 2 amide bonds. The number of nitrogens with two attached hydrogens (primary N) is 1. The first kappa shape index (κ1) is 27.2. The van der Waals surface area contributed by atoms with E-state index in [-0.39, 0.29) is 37.8 Å². The Hall–Kier alpha value is -4.36. The predicted octanol–water partition coefficient (Wildman–Crippen LogP) is 1.53. The maximum atomic E-state index is 14.9. The van der Waals surface area contributed by atoms with E-state index in [0.29, 0.717) is 40.9 Å². The minimum absolute atomic E-state index is 0.145. The molecule has 13 heteroatoms. The van der Waals surface area contributed by atoms with Crippen LogP contribution < -0.4 is 21.9 Å². The van der Waals surface area contributed by atoms with Crippen LogP contribution in [0.1, 0.15) is 45.8 Å². The molecule has 2 aliphatic rings. The number of benzene rings is 1. The van der Waals surface area contributed by atoms with E-state index in [0.717, 1.165) is 22.1 Å². The van der Waals surface area contributed by atoms with Gasteiger partial charge in [-0.05, 0) is 55.0 Å². The molecule has 1 aliphatic heterocycles. The standard InChI is InChI=1S/C27H28FN5O7/c1-12-5-20-25-15(8-33(20)26(36)16(12)9-40-27(37)38)24-18(31-22(35)10-39-11-30-21(34)7-29)4-3-14-13(2)17(28)6-19(32-25)23(14)24/h5-6,18H,3-4,7-11,29H2,1-2H3,(H,30,34)(H,31,35)(H,37,38). The molecule has 3 aromatic rings. The average molecular weight is 554 g/mol. The zero-order valence-corrected chi connectivity index (χ0v) is 21.9. The van der Waals surface area contributed by atoms with Crippen molar-refractivity contribution in [1.29, 1.82) is 0 Å². The van der Waals surface area contributed by atoms with Crippen molar-refractivity contribution in [3.63, 3.8) is 0 Å². The van der Waals surface area contributed by atoms with Gasteiger partial charge in [0.1, 0.15) is 25.8 Å². The molecule has 1 unspecified atom stereocenters. The Bertz CT molecular complexity index is 1630. The first-order valence-electron chi connectivity index (χ1n) is 12.7. The quantitative estimate of drug-likeness (QED) is 0.143. The second-order valence-corrected chi connectivity index (χ2v) is 9.80. The summed E-state index contributed by atoms with van der Waals surface area (Å²) in [6.45, 7) is 2.48. The van der Waals surface area contributed by atoms with Crippen molar-refractivity contribution < 1.29 is 33.4 Å². The summed E-state index contributed by atoms with van der Waals surface area (Å²) in [5.41, 5.74) is 9.84. The van der Waals surface area contributed by atoms with E-state index in [1.54, 1.807) is 19.9 Å². The van der Waals surface area contributed by atoms with E-state index < -0.39 is 36.2 Å². The van der Waals surface area contributed by atoms with Crippen LogP contribution in [0, 0.1) is 19.7 Å². The molecule has 5 rings (SSSR count). The van der Waals surface area contributed by atoms with Crippen molar-refractivity contribution in [2.45, 2.75) is 45.9 Å². The summed E-state index contributed by atoms with van der Waals surface area (Å²) in [5, 5.41) is 15.1. The van der Waals surface area contributed by atoms with Crippen molar-refractivity contribution in [3.8, 4) is 11.4 Å². The van der Waals surface area contributed by atoms with Crippen LogP contribution in [0.2, 0.25) is 0 Å². The predicted molar refractivity (Wildman–Crippen MR) is 140 cm³/mol. The van der Waals surface area contributed by atoms with E-state index in [9.17, 15) is 23.6 Å². The third-order valence-electron chi connectivity index (χ3n) is 7.42. The van der Waals surface area contributed by atoms with Crippen LogP contribution in [0.4, 0.5) is 9.18 Å². The zero-order chi connectivity index (χ0) is 28.7. The number of rotatable bonds is 8. The molecule has 3 heterocycles. The lowest BCUT2D eigenvalue weighted by Crippen LogP contribution is -2.37. The summed E-state index contributed by atoms with van der Waals surface area (Å²) in [7, 11) is 0. The smallest absolute Gasteiger partial charge is 0.450 e. The lowest BCUT2D eigenvalue weighted by atomic mass is 9.81. The zero-order valence-electron chi connectivity index (χ0n) is 21.9. The van der Waals surface area contributed by atoms with Crippen molar-refractivity contribution in [3.05, 3.63) is 61.7 Å². The van der Waals surface area contributed by atoms with Crippen LogP contribution in [-0.4, -0.2) is 52.5 Å². The molecule has 1 atom stereocenters. The number of ether oxygens (including phenoxy) is 2. The lowest BCUT2D eigenvalue weighted by Gasteiger charge is -2.29. The van der Waals surface area contributed by atoms with Gasteiger partial charge in [-0.3, -0.25) is 14.4 Å². The minimum atomic E-state index is -1.49. The van der Waals surface area contributed by atoms with Gasteiger partial charge >= 0.3 is 6.16 Å². The van der Waals surface area contributed by atoms with Gasteiger partial charge in [0.25, 0.3) is 5.56 Å². The summed E-state index contributed by atoms with van der Waals surface area (Å²) < 4.78 is 26.3. The number of nitrogens with one attached hydrogen (secondary N) is 2. The van der Waals surface area contributed by atoms with Crippen molar-refractivity contribution in [2.24, 2.45) is 5.73 Å². The number of carbonyl (C=O) groups excluding carboxylic acids is 2. The fourth-order valence-electron chi connectivity index (χ4n) is 5.50. The number of aryl methyl sites for hydroxylation is 2. The number of carboxylic acid groups (broad SMARTS) is 1. The topological polar surface area (TPSA) is 175 Å². The molecule has 0 fully saturated rings. The number of carbonyl (C=O) groups is 3. The van der Waals surface area contributed by atoms with E-state index >= 15 is 0 Å². The van der Waals surface area contributed by atoms with Gasteiger partial charge < -0.3 is 35.5 Å². The Morgan fingerprint density at radius 3 is 2.73 bits per heavy atom. The normalized spacial score (nSPS) is 14.9. The van der Waals surface area contributed by atoms with Crippen molar-refractivity contribution >= 4 is 28.9 Å². The van der Waals surface area contributed by atoms with Gasteiger partial charge in [0.05, 0.1) is 41.6 Å². The van der Waals surface area contributed by atoms with E-state index in [1.807, 2.05) is 0 Å². The van der Waals surface area contributed by atoms with Gasteiger partial charge in [-0.2, -0.15) is 0 Å². The molecule has 2 aromatic heterocycles. The molecule has 210 valence electrons. The number of nitrogens with zero attached hydrogens (tertiary/aromatic N) is 2. The Morgan fingerprint density at radius 1 is 1.23 bits per heavy atom. The molecule has 0 bridgehead atoms. The number of hydrogen-bond donors (Lipinski definition) is 4. The summed E-state index contributed by atoms with van der Waals surface area (Å²) >= 11 is 0.